The molecule has 1 aliphatic rings. The summed E-state index contributed by atoms with van der Waals surface area (Å²) in [6.45, 7) is 5.86. The number of benzene rings is 1. The van der Waals surface area contributed by atoms with Crippen LogP contribution in [0.25, 0.3) is 0 Å². The zero-order valence-corrected chi connectivity index (χ0v) is 14.5. The highest BCUT2D eigenvalue weighted by atomic mass is 79.9. The van der Waals surface area contributed by atoms with Crippen LogP contribution in [0.3, 0.4) is 0 Å². The van der Waals surface area contributed by atoms with Gasteiger partial charge in [-0.1, -0.05) is 28.9 Å². The molecule has 1 fully saturated rings. The standard InChI is InChI=1S/C18H23BrO3/c1-3-13(4-2)18(17(20)21)11-9-16(10-12-18)22-15-7-5-14(19)6-8-15/h3,5-8,13,16H,1,4,9-12H2,2H3,(H,20,21). The van der Waals surface area contributed by atoms with Crippen LogP contribution in [0.4, 0.5) is 0 Å². The zero-order valence-electron chi connectivity index (χ0n) is 12.9. The summed E-state index contributed by atoms with van der Waals surface area (Å²) < 4.78 is 7.01. The van der Waals surface area contributed by atoms with Gasteiger partial charge in [0.1, 0.15) is 5.75 Å². The van der Waals surface area contributed by atoms with Gasteiger partial charge in [0.05, 0.1) is 11.5 Å². The Balaban J connectivity index is 2.02. The second kappa shape index (κ2) is 7.32. The van der Waals surface area contributed by atoms with Gasteiger partial charge in [0, 0.05) is 4.47 Å². The second-order valence-electron chi connectivity index (χ2n) is 5.98. The van der Waals surface area contributed by atoms with Crippen molar-refractivity contribution in [2.75, 3.05) is 0 Å². The van der Waals surface area contributed by atoms with Crippen LogP contribution in [-0.4, -0.2) is 17.2 Å². The molecular formula is C18H23BrO3. The Morgan fingerprint density at radius 2 is 2.05 bits per heavy atom. The maximum absolute atomic E-state index is 11.8. The molecule has 1 saturated carbocycles. The highest BCUT2D eigenvalue weighted by Crippen LogP contribution is 2.45. The van der Waals surface area contributed by atoms with E-state index in [0.717, 1.165) is 29.5 Å². The van der Waals surface area contributed by atoms with E-state index in [1.54, 1.807) is 0 Å². The summed E-state index contributed by atoms with van der Waals surface area (Å²) in [5.41, 5.74) is -0.671. The average Bonchev–Trinajstić information content (AvgIpc) is 2.52. The normalized spacial score (nSPS) is 26.2. The van der Waals surface area contributed by atoms with Crippen LogP contribution in [0.2, 0.25) is 0 Å². The number of carbonyl (C=O) groups is 1. The van der Waals surface area contributed by atoms with E-state index >= 15 is 0 Å². The molecule has 120 valence electrons. The molecule has 0 aromatic heterocycles. The molecule has 4 heteroatoms. The van der Waals surface area contributed by atoms with Crippen molar-refractivity contribution < 1.29 is 14.6 Å². The molecule has 0 bridgehead atoms. The molecule has 0 aliphatic heterocycles. The predicted octanol–water partition coefficient (Wildman–Crippen LogP) is 5.05. The third-order valence-corrected chi connectivity index (χ3v) is 5.33. The van der Waals surface area contributed by atoms with Crippen LogP contribution in [0.5, 0.6) is 5.75 Å². The molecule has 1 aliphatic carbocycles. The number of aliphatic carboxylic acids is 1. The van der Waals surface area contributed by atoms with Crippen molar-refractivity contribution in [1.82, 2.24) is 0 Å². The van der Waals surface area contributed by atoms with Gasteiger partial charge in [0.15, 0.2) is 0 Å². The third kappa shape index (κ3) is 3.54. The molecule has 1 unspecified atom stereocenters. The summed E-state index contributed by atoms with van der Waals surface area (Å²) in [7, 11) is 0. The number of allylic oxidation sites excluding steroid dienone is 1. The molecule has 0 spiro atoms. The van der Waals surface area contributed by atoms with E-state index in [2.05, 4.69) is 22.5 Å². The minimum Gasteiger partial charge on any atom is -0.490 e. The van der Waals surface area contributed by atoms with E-state index in [4.69, 9.17) is 4.74 Å². The smallest absolute Gasteiger partial charge is 0.310 e. The minimum atomic E-state index is -0.693. The molecule has 3 nitrogen and oxygen atoms in total. The number of carboxylic acid groups (broad SMARTS) is 1. The predicted molar refractivity (Wildman–Crippen MR) is 91.1 cm³/mol. The summed E-state index contributed by atoms with van der Waals surface area (Å²) in [5.74, 6) is 0.173. The van der Waals surface area contributed by atoms with E-state index in [9.17, 15) is 9.90 Å². The van der Waals surface area contributed by atoms with E-state index in [1.165, 1.54) is 0 Å². The molecule has 22 heavy (non-hydrogen) atoms. The highest BCUT2D eigenvalue weighted by molar-refractivity contribution is 9.10. The van der Waals surface area contributed by atoms with Gasteiger partial charge < -0.3 is 9.84 Å². The van der Waals surface area contributed by atoms with Crippen molar-refractivity contribution in [2.24, 2.45) is 11.3 Å². The first-order valence-electron chi connectivity index (χ1n) is 7.80. The lowest BCUT2D eigenvalue weighted by atomic mass is 9.64. The first kappa shape index (κ1) is 17.1. The molecule has 0 saturated heterocycles. The molecule has 0 radical (unpaired) electrons. The summed E-state index contributed by atoms with van der Waals surface area (Å²) in [6, 6.07) is 7.76. The van der Waals surface area contributed by atoms with Crippen molar-refractivity contribution in [3.63, 3.8) is 0 Å². The lowest BCUT2D eigenvalue weighted by Crippen LogP contribution is -2.43. The Labute approximate surface area is 140 Å². The van der Waals surface area contributed by atoms with E-state index in [1.807, 2.05) is 37.3 Å². The van der Waals surface area contributed by atoms with Crippen molar-refractivity contribution in [2.45, 2.75) is 45.1 Å². The zero-order chi connectivity index (χ0) is 16.2. The van der Waals surface area contributed by atoms with Gasteiger partial charge in [-0.2, -0.15) is 0 Å². The van der Waals surface area contributed by atoms with Crippen molar-refractivity contribution >= 4 is 21.9 Å². The number of halogens is 1. The summed E-state index contributed by atoms with van der Waals surface area (Å²) in [6.07, 6.45) is 5.55. The Kier molecular flexibility index (Phi) is 5.68. The fourth-order valence-corrected chi connectivity index (χ4v) is 3.72. The van der Waals surface area contributed by atoms with Gasteiger partial charge >= 0.3 is 5.97 Å². The highest BCUT2D eigenvalue weighted by Gasteiger charge is 2.46. The summed E-state index contributed by atoms with van der Waals surface area (Å²) in [5, 5.41) is 9.73. The van der Waals surface area contributed by atoms with Crippen molar-refractivity contribution in [1.29, 1.82) is 0 Å². The van der Waals surface area contributed by atoms with Crippen LogP contribution in [0.15, 0.2) is 41.4 Å². The maximum atomic E-state index is 11.8. The molecule has 1 atom stereocenters. The quantitative estimate of drug-likeness (QED) is 0.716. The van der Waals surface area contributed by atoms with Gasteiger partial charge in [-0.3, -0.25) is 4.79 Å². The average molecular weight is 367 g/mol. The molecule has 0 amide bonds. The van der Waals surface area contributed by atoms with Gasteiger partial charge in [0.25, 0.3) is 0 Å². The molecule has 1 aromatic rings. The number of ether oxygens (including phenoxy) is 1. The SMILES string of the molecule is C=CC(CC)C1(C(=O)O)CCC(Oc2ccc(Br)cc2)CC1. The van der Waals surface area contributed by atoms with Gasteiger partial charge in [0.2, 0.25) is 0 Å². The number of hydrogen-bond donors (Lipinski definition) is 1. The lowest BCUT2D eigenvalue weighted by molar-refractivity contribution is -0.155. The largest absolute Gasteiger partial charge is 0.490 e. The monoisotopic (exact) mass is 366 g/mol. The summed E-state index contributed by atoms with van der Waals surface area (Å²) >= 11 is 3.40. The van der Waals surface area contributed by atoms with E-state index in [-0.39, 0.29) is 12.0 Å². The molecular weight excluding hydrogens is 344 g/mol. The third-order valence-electron chi connectivity index (χ3n) is 4.80. The van der Waals surface area contributed by atoms with Crippen LogP contribution >= 0.6 is 15.9 Å². The molecule has 1 N–H and O–H groups in total. The van der Waals surface area contributed by atoms with Gasteiger partial charge in [-0.25, -0.2) is 0 Å². The maximum Gasteiger partial charge on any atom is 0.310 e. The number of hydrogen-bond acceptors (Lipinski definition) is 2. The molecule has 2 rings (SSSR count). The fraction of sp³-hybridized carbons (Fsp3) is 0.500. The number of rotatable bonds is 6. The Bertz CT molecular complexity index is 516. The Morgan fingerprint density at radius 1 is 1.45 bits per heavy atom. The van der Waals surface area contributed by atoms with Crippen LogP contribution < -0.4 is 4.74 Å². The minimum absolute atomic E-state index is 0.0265. The topological polar surface area (TPSA) is 46.5 Å². The van der Waals surface area contributed by atoms with E-state index in [0.29, 0.717) is 12.8 Å². The lowest BCUT2D eigenvalue weighted by Gasteiger charge is -2.41. The van der Waals surface area contributed by atoms with Crippen molar-refractivity contribution in [3.8, 4) is 5.75 Å². The first-order valence-corrected chi connectivity index (χ1v) is 8.59. The Morgan fingerprint density at radius 3 is 2.50 bits per heavy atom. The van der Waals surface area contributed by atoms with Gasteiger partial charge in [-0.15, -0.1) is 6.58 Å². The molecule has 0 heterocycles. The van der Waals surface area contributed by atoms with Gasteiger partial charge in [-0.05, 0) is 62.3 Å². The number of carboxylic acids is 1. The first-order chi connectivity index (χ1) is 10.5. The summed E-state index contributed by atoms with van der Waals surface area (Å²) in [4.78, 5) is 11.8. The van der Waals surface area contributed by atoms with Crippen LogP contribution in [-0.2, 0) is 4.79 Å². The van der Waals surface area contributed by atoms with Crippen LogP contribution in [0, 0.1) is 11.3 Å². The fourth-order valence-electron chi connectivity index (χ4n) is 3.46. The van der Waals surface area contributed by atoms with Crippen LogP contribution in [0.1, 0.15) is 39.0 Å². The Hall–Kier alpha value is -1.29. The molecule has 1 aromatic carbocycles. The van der Waals surface area contributed by atoms with E-state index < -0.39 is 11.4 Å². The van der Waals surface area contributed by atoms with Crippen molar-refractivity contribution in [3.05, 3.63) is 41.4 Å². The second-order valence-corrected chi connectivity index (χ2v) is 6.90.